The number of benzene rings is 1. The summed E-state index contributed by atoms with van der Waals surface area (Å²) in [6.07, 6.45) is 1.89. The minimum atomic E-state index is 0.720. The normalized spacial score (nSPS) is 18.1. The molecule has 0 atom stereocenters. The van der Waals surface area contributed by atoms with Crippen LogP contribution in [0, 0.1) is 0 Å². The van der Waals surface area contributed by atoms with Crippen LogP contribution in [-0.2, 0) is 11.8 Å². The summed E-state index contributed by atoms with van der Waals surface area (Å²) < 4.78 is 7.33. The van der Waals surface area contributed by atoms with E-state index in [1.807, 2.05) is 17.9 Å². The SMILES string of the molecule is Cn1ncc2c(N3CCN(c4ccccc4)CC3)nc(N3CCOCC3)nc21. The highest BCUT2D eigenvalue weighted by atomic mass is 16.5. The Morgan fingerprint density at radius 1 is 0.821 bits per heavy atom. The second kappa shape index (κ2) is 7.27. The summed E-state index contributed by atoms with van der Waals surface area (Å²) in [4.78, 5) is 16.8. The molecule has 0 aliphatic carbocycles. The fourth-order valence-electron chi connectivity index (χ4n) is 3.96. The first-order chi connectivity index (χ1) is 13.8. The van der Waals surface area contributed by atoms with Crippen molar-refractivity contribution in [1.29, 1.82) is 0 Å². The highest BCUT2D eigenvalue weighted by molar-refractivity contribution is 5.88. The van der Waals surface area contributed by atoms with Gasteiger partial charge in [0, 0.05) is 52.0 Å². The lowest BCUT2D eigenvalue weighted by Crippen LogP contribution is -2.47. The minimum Gasteiger partial charge on any atom is -0.378 e. The van der Waals surface area contributed by atoms with E-state index in [1.54, 1.807) is 0 Å². The van der Waals surface area contributed by atoms with Gasteiger partial charge in [0.1, 0.15) is 5.82 Å². The van der Waals surface area contributed by atoms with Gasteiger partial charge in [-0.3, -0.25) is 4.68 Å². The van der Waals surface area contributed by atoms with Gasteiger partial charge in [0.15, 0.2) is 5.65 Å². The fraction of sp³-hybridized carbons (Fsp3) is 0.450. The Kier molecular flexibility index (Phi) is 4.48. The molecular formula is C20H25N7O. The summed E-state index contributed by atoms with van der Waals surface area (Å²) in [7, 11) is 1.94. The molecule has 2 fully saturated rings. The van der Waals surface area contributed by atoms with Gasteiger partial charge in [-0.1, -0.05) is 18.2 Å². The number of fused-ring (bicyclic) bond motifs is 1. The lowest BCUT2D eigenvalue weighted by molar-refractivity contribution is 0.122. The molecule has 2 aliphatic rings. The average molecular weight is 379 g/mol. The molecule has 0 saturated carbocycles. The van der Waals surface area contributed by atoms with E-state index in [4.69, 9.17) is 14.7 Å². The Balaban J connectivity index is 1.43. The molecule has 0 bridgehead atoms. The van der Waals surface area contributed by atoms with E-state index in [0.29, 0.717) is 0 Å². The maximum atomic E-state index is 5.49. The van der Waals surface area contributed by atoms with Gasteiger partial charge in [0.05, 0.1) is 24.8 Å². The van der Waals surface area contributed by atoms with E-state index in [9.17, 15) is 0 Å². The van der Waals surface area contributed by atoms with Crippen molar-refractivity contribution in [3.63, 3.8) is 0 Å². The van der Waals surface area contributed by atoms with Gasteiger partial charge in [0.2, 0.25) is 5.95 Å². The molecule has 0 unspecified atom stereocenters. The zero-order valence-electron chi connectivity index (χ0n) is 16.2. The molecule has 0 N–H and O–H groups in total. The molecule has 8 nitrogen and oxygen atoms in total. The highest BCUT2D eigenvalue weighted by Crippen LogP contribution is 2.28. The van der Waals surface area contributed by atoms with Crippen LogP contribution >= 0.6 is 0 Å². The predicted octanol–water partition coefficient (Wildman–Crippen LogP) is 1.53. The summed E-state index contributed by atoms with van der Waals surface area (Å²) in [5.41, 5.74) is 2.17. The van der Waals surface area contributed by atoms with E-state index in [2.05, 4.69) is 50.1 Å². The van der Waals surface area contributed by atoms with Crippen LogP contribution in [0.25, 0.3) is 11.0 Å². The van der Waals surface area contributed by atoms with Crippen LogP contribution in [0.4, 0.5) is 17.5 Å². The lowest BCUT2D eigenvalue weighted by atomic mass is 10.2. The summed E-state index contributed by atoms with van der Waals surface area (Å²) in [5, 5.41) is 5.45. The van der Waals surface area contributed by atoms with Crippen LogP contribution in [0.1, 0.15) is 0 Å². The summed E-state index contributed by atoms with van der Waals surface area (Å²) in [6, 6.07) is 10.6. The maximum Gasteiger partial charge on any atom is 0.229 e. The van der Waals surface area contributed by atoms with E-state index in [-0.39, 0.29) is 0 Å². The first-order valence-corrected chi connectivity index (χ1v) is 9.87. The number of rotatable bonds is 3. The molecule has 28 heavy (non-hydrogen) atoms. The van der Waals surface area contributed by atoms with Crippen molar-refractivity contribution in [2.24, 2.45) is 7.05 Å². The number of morpholine rings is 1. The van der Waals surface area contributed by atoms with Crippen LogP contribution in [-0.4, -0.2) is 72.2 Å². The molecule has 4 heterocycles. The van der Waals surface area contributed by atoms with Crippen molar-refractivity contribution in [2.45, 2.75) is 0 Å². The van der Waals surface area contributed by atoms with Gasteiger partial charge < -0.3 is 19.4 Å². The average Bonchev–Trinajstić information content (AvgIpc) is 3.15. The lowest BCUT2D eigenvalue weighted by Gasteiger charge is -2.37. The van der Waals surface area contributed by atoms with Crippen molar-refractivity contribution < 1.29 is 4.74 Å². The smallest absolute Gasteiger partial charge is 0.229 e. The van der Waals surface area contributed by atoms with Crippen molar-refractivity contribution in [3.8, 4) is 0 Å². The van der Waals surface area contributed by atoms with E-state index in [0.717, 1.165) is 75.3 Å². The third kappa shape index (κ3) is 3.13. The highest BCUT2D eigenvalue weighted by Gasteiger charge is 2.24. The Hall–Kier alpha value is -2.87. The van der Waals surface area contributed by atoms with Crippen LogP contribution in [0.5, 0.6) is 0 Å². The van der Waals surface area contributed by atoms with Crippen LogP contribution in [0.2, 0.25) is 0 Å². The molecule has 0 radical (unpaired) electrons. The van der Waals surface area contributed by atoms with E-state index in [1.165, 1.54) is 5.69 Å². The van der Waals surface area contributed by atoms with Crippen molar-refractivity contribution in [2.75, 3.05) is 67.2 Å². The number of aromatic nitrogens is 4. The van der Waals surface area contributed by atoms with Gasteiger partial charge in [-0.05, 0) is 12.1 Å². The van der Waals surface area contributed by atoms with Crippen LogP contribution in [0.3, 0.4) is 0 Å². The number of para-hydroxylation sites is 1. The molecular weight excluding hydrogens is 354 g/mol. The first kappa shape index (κ1) is 17.2. The first-order valence-electron chi connectivity index (χ1n) is 9.87. The van der Waals surface area contributed by atoms with Gasteiger partial charge in [-0.25, -0.2) is 0 Å². The minimum absolute atomic E-state index is 0.720. The molecule has 2 saturated heterocycles. The third-order valence-electron chi connectivity index (χ3n) is 5.55. The largest absolute Gasteiger partial charge is 0.378 e. The van der Waals surface area contributed by atoms with Crippen molar-refractivity contribution in [1.82, 2.24) is 19.7 Å². The second-order valence-corrected chi connectivity index (χ2v) is 7.26. The Morgan fingerprint density at radius 2 is 1.54 bits per heavy atom. The number of hydrogen-bond donors (Lipinski definition) is 0. The Labute approximate surface area is 164 Å². The third-order valence-corrected chi connectivity index (χ3v) is 5.55. The standard InChI is InChI=1S/C20H25N7O/c1-24-18-17(15-21-24)19(23-20(22-18)27-11-13-28-14-12-27)26-9-7-25(8-10-26)16-5-3-2-4-6-16/h2-6,15H,7-14H2,1H3. The maximum absolute atomic E-state index is 5.49. The number of ether oxygens (including phenoxy) is 1. The molecule has 3 aromatic rings. The molecule has 146 valence electrons. The zero-order chi connectivity index (χ0) is 18.9. The van der Waals surface area contributed by atoms with Gasteiger partial charge in [-0.2, -0.15) is 15.1 Å². The fourth-order valence-corrected chi connectivity index (χ4v) is 3.96. The Bertz CT molecular complexity index is 944. The number of nitrogens with zero attached hydrogens (tertiary/aromatic N) is 7. The molecule has 5 rings (SSSR count). The molecule has 0 spiro atoms. The van der Waals surface area contributed by atoms with Crippen molar-refractivity contribution >= 4 is 28.5 Å². The predicted molar refractivity (Wildman–Crippen MR) is 110 cm³/mol. The molecule has 8 heteroatoms. The monoisotopic (exact) mass is 379 g/mol. The summed E-state index contributed by atoms with van der Waals surface area (Å²) in [6.45, 7) is 6.90. The van der Waals surface area contributed by atoms with Crippen LogP contribution < -0.4 is 14.7 Å². The quantitative estimate of drug-likeness (QED) is 0.684. The summed E-state index contributed by atoms with van der Waals surface area (Å²) in [5.74, 6) is 1.77. The zero-order valence-corrected chi connectivity index (χ0v) is 16.2. The van der Waals surface area contributed by atoms with Gasteiger partial charge >= 0.3 is 0 Å². The second-order valence-electron chi connectivity index (χ2n) is 7.26. The summed E-state index contributed by atoms with van der Waals surface area (Å²) >= 11 is 0. The number of aryl methyl sites for hydroxylation is 1. The number of piperazine rings is 1. The van der Waals surface area contributed by atoms with E-state index >= 15 is 0 Å². The Morgan fingerprint density at radius 3 is 2.29 bits per heavy atom. The number of anilines is 3. The molecule has 2 aromatic heterocycles. The van der Waals surface area contributed by atoms with Gasteiger partial charge in [0.25, 0.3) is 0 Å². The molecule has 0 amide bonds. The molecule has 2 aliphatic heterocycles. The van der Waals surface area contributed by atoms with Gasteiger partial charge in [-0.15, -0.1) is 0 Å². The topological polar surface area (TPSA) is 62.6 Å². The van der Waals surface area contributed by atoms with Crippen LogP contribution in [0.15, 0.2) is 36.5 Å². The molecule has 1 aromatic carbocycles. The number of hydrogen-bond acceptors (Lipinski definition) is 7. The van der Waals surface area contributed by atoms with Crippen molar-refractivity contribution in [3.05, 3.63) is 36.5 Å². The van der Waals surface area contributed by atoms with E-state index < -0.39 is 0 Å².